The monoisotopic (exact) mass is 347 g/mol. The molecule has 0 spiro atoms. The van der Waals surface area contributed by atoms with Crippen molar-refractivity contribution >= 4 is 6.03 Å². The Morgan fingerprint density at radius 1 is 1.24 bits per heavy atom. The molecular weight excluding hydrogens is 322 g/mol. The summed E-state index contributed by atoms with van der Waals surface area (Å²) in [6.45, 7) is 6.24. The van der Waals surface area contributed by atoms with Crippen LogP contribution in [0.3, 0.4) is 0 Å². The van der Waals surface area contributed by atoms with Crippen molar-refractivity contribution in [1.82, 2.24) is 25.4 Å². The van der Waals surface area contributed by atoms with E-state index in [1.165, 1.54) is 0 Å². The molecule has 0 saturated heterocycles. The van der Waals surface area contributed by atoms with Gasteiger partial charge in [-0.3, -0.25) is 0 Å². The van der Waals surface area contributed by atoms with E-state index in [4.69, 9.17) is 9.47 Å². The van der Waals surface area contributed by atoms with E-state index < -0.39 is 0 Å². The third-order valence-electron chi connectivity index (χ3n) is 3.82. The maximum Gasteiger partial charge on any atom is 0.315 e. The first kappa shape index (κ1) is 18.6. The molecule has 0 saturated carbocycles. The number of nitrogens with one attached hydrogen (secondary N) is 2. The van der Waals surface area contributed by atoms with Gasteiger partial charge >= 0.3 is 6.03 Å². The van der Waals surface area contributed by atoms with E-state index in [1.807, 2.05) is 46.0 Å². The van der Waals surface area contributed by atoms with Crippen LogP contribution in [0, 0.1) is 0 Å². The summed E-state index contributed by atoms with van der Waals surface area (Å²) in [6.07, 6.45) is 1.60. The molecule has 0 aliphatic rings. The Morgan fingerprint density at radius 3 is 2.56 bits per heavy atom. The number of benzene rings is 1. The van der Waals surface area contributed by atoms with Gasteiger partial charge in [-0.2, -0.15) is 0 Å². The third kappa shape index (κ3) is 4.62. The van der Waals surface area contributed by atoms with E-state index in [9.17, 15) is 4.79 Å². The van der Waals surface area contributed by atoms with Crippen LogP contribution >= 0.6 is 0 Å². The Balaban J connectivity index is 2.00. The maximum atomic E-state index is 12.2. The second kappa shape index (κ2) is 8.36. The van der Waals surface area contributed by atoms with E-state index >= 15 is 0 Å². The van der Waals surface area contributed by atoms with Gasteiger partial charge in [0, 0.05) is 7.05 Å². The van der Waals surface area contributed by atoms with Crippen molar-refractivity contribution in [1.29, 1.82) is 0 Å². The number of amides is 2. The Kier molecular flexibility index (Phi) is 6.21. The standard InChI is InChI=1S/C17H25N5O3/c1-6-25-14-8-7-13(9-15(14)24-5)11(2)19-17(23)20-12(3)16-21-18-10-22(16)4/h7-12H,6H2,1-5H3,(H2,19,20,23)/t11-,12-/m1/s1. The van der Waals surface area contributed by atoms with Crippen LogP contribution in [0.4, 0.5) is 4.79 Å². The number of hydrogen-bond donors (Lipinski definition) is 2. The van der Waals surface area contributed by atoms with Gasteiger partial charge in [-0.15, -0.1) is 10.2 Å². The predicted octanol–water partition coefficient (Wildman–Crippen LogP) is 2.34. The van der Waals surface area contributed by atoms with Crippen molar-refractivity contribution in [3.05, 3.63) is 35.9 Å². The zero-order valence-corrected chi connectivity index (χ0v) is 15.2. The van der Waals surface area contributed by atoms with Crippen LogP contribution in [0.5, 0.6) is 11.5 Å². The molecule has 1 aromatic carbocycles. The highest BCUT2D eigenvalue weighted by Crippen LogP contribution is 2.30. The fourth-order valence-corrected chi connectivity index (χ4v) is 2.50. The molecule has 2 atom stereocenters. The van der Waals surface area contributed by atoms with Crippen molar-refractivity contribution in [3.63, 3.8) is 0 Å². The molecule has 8 nitrogen and oxygen atoms in total. The summed E-state index contributed by atoms with van der Waals surface area (Å²) in [4.78, 5) is 12.2. The summed E-state index contributed by atoms with van der Waals surface area (Å²) >= 11 is 0. The zero-order chi connectivity index (χ0) is 18.4. The number of hydrogen-bond acceptors (Lipinski definition) is 5. The fourth-order valence-electron chi connectivity index (χ4n) is 2.50. The Bertz CT molecular complexity index is 716. The normalized spacial score (nSPS) is 13.0. The molecule has 2 N–H and O–H groups in total. The van der Waals surface area contributed by atoms with Crippen LogP contribution in [0.15, 0.2) is 24.5 Å². The quantitative estimate of drug-likeness (QED) is 0.802. The first-order chi connectivity index (χ1) is 12.0. The van der Waals surface area contributed by atoms with Gasteiger partial charge in [-0.25, -0.2) is 4.79 Å². The smallest absolute Gasteiger partial charge is 0.315 e. The maximum absolute atomic E-state index is 12.2. The van der Waals surface area contributed by atoms with Gasteiger partial charge in [0.1, 0.15) is 6.33 Å². The van der Waals surface area contributed by atoms with E-state index in [0.29, 0.717) is 23.9 Å². The summed E-state index contributed by atoms with van der Waals surface area (Å²) in [5.41, 5.74) is 0.918. The van der Waals surface area contributed by atoms with Crippen LogP contribution in [0.1, 0.15) is 44.2 Å². The SMILES string of the molecule is CCOc1ccc([C@@H](C)NC(=O)N[C@H](C)c2nncn2C)cc1OC. The minimum absolute atomic E-state index is 0.198. The number of rotatable bonds is 7. The van der Waals surface area contributed by atoms with Crippen LogP contribution in [-0.4, -0.2) is 34.5 Å². The predicted molar refractivity (Wildman–Crippen MR) is 93.7 cm³/mol. The largest absolute Gasteiger partial charge is 0.493 e. The Labute approximate surface area is 147 Å². The summed E-state index contributed by atoms with van der Waals surface area (Å²) in [5, 5.41) is 13.6. The lowest BCUT2D eigenvalue weighted by molar-refractivity contribution is 0.234. The molecule has 0 bridgehead atoms. The fraction of sp³-hybridized carbons (Fsp3) is 0.471. The second-order valence-corrected chi connectivity index (χ2v) is 5.70. The van der Waals surface area contributed by atoms with E-state index in [-0.39, 0.29) is 18.1 Å². The molecule has 1 heterocycles. The van der Waals surface area contributed by atoms with Crippen molar-refractivity contribution in [2.75, 3.05) is 13.7 Å². The number of methoxy groups -OCH3 is 1. The van der Waals surface area contributed by atoms with E-state index in [0.717, 1.165) is 5.56 Å². The molecule has 0 unspecified atom stereocenters. The summed E-state index contributed by atoms with van der Waals surface area (Å²) < 4.78 is 12.6. The molecule has 0 fully saturated rings. The molecule has 25 heavy (non-hydrogen) atoms. The molecule has 1 aromatic heterocycles. The van der Waals surface area contributed by atoms with Gasteiger partial charge in [0.2, 0.25) is 0 Å². The highest BCUT2D eigenvalue weighted by Gasteiger charge is 2.17. The first-order valence-corrected chi connectivity index (χ1v) is 8.17. The molecule has 2 amide bonds. The summed E-state index contributed by atoms with van der Waals surface area (Å²) in [5.74, 6) is 2.01. The molecule has 0 aliphatic carbocycles. The lowest BCUT2D eigenvalue weighted by Gasteiger charge is -2.19. The molecule has 2 aromatic rings. The van der Waals surface area contributed by atoms with Crippen molar-refractivity contribution < 1.29 is 14.3 Å². The number of urea groups is 1. The summed E-state index contributed by atoms with van der Waals surface area (Å²) in [6, 6.07) is 4.88. The van der Waals surface area contributed by atoms with Gasteiger partial charge in [-0.05, 0) is 38.5 Å². The molecule has 8 heteroatoms. The number of aromatic nitrogens is 3. The van der Waals surface area contributed by atoms with Gasteiger partial charge < -0.3 is 24.7 Å². The second-order valence-electron chi connectivity index (χ2n) is 5.70. The van der Waals surface area contributed by atoms with Gasteiger partial charge in [0.25, 0.3) is 0 Å². The Morgan fingerprint density at radius 2 is 1.96 bits per heavy atom. The average molecular weight is 347 g/mol. The molecule has 136 valence electrons. The molecular formula is C17H25N5O3. The lowest BCUT2D eigenvalue weighted by atomic mass is 10.1. The van der Waals surface area contributed by atoms with E-state index in [1.54, 1.807) is 18.0 Å². The first-order valence-electron chi connectivity index (χ1n) is 8.17. The molecule has 2 rings (SSSR count). The minimum atomic E-state index is -0.282. The number of nitrogens with zero attached hydrogens (tertiary/aromatic N) is 3. The topological polar surface area (TPSA) is 90.3 Å². The summed E-state index contributed by atoms with van der Waals surface area (Å²) in [7, 11) is 3.43. The van der Waals surface area contributed by atoms with Crippen LogP contribution in [0.25, 0.3) is 0 Å². The van der Waals surface area contributed by atoms with Crippen molar-refractivity contribution in [3.8, 4) is 11.5 Å². The number of carbonyl (C=O) groups excluding carboxylic acids is 1. The number of aryl methyl sites for hydroxylation is 1. The third-order valence-corrected chi connectivity index (χ3v) is 3.82. The molecule has 0 radical (unpaired) electrons. The van der Waals surface area contributed by atoms with Crippen LogP contribution in [-0.2, 0) is 7.05 Å². The van der Waals surface area contributed by atoms with Gasteiger partial charge in [-0.1, -0.05) is 6.07 Å². The van der Waals surface area contributed by atoms with Crippen molar-refractivity contribution in [2.45, 2.75) is 32.9 Å². The van der Waals surface area contributed by atoms with Crippen LogP contribution in [0.2, 0.25) is 0 Å². The minimum Gasteiger partial charge on any atom is -0.493 e. The number of ether oxygens (including phenoxy) is 2. The highest BCUT2D eigenvalue weighted by molar-refractivity contribution is 5.74. The zero-order valence-electron chi connectivity index (χ0n) is 15.2. The molecule has 0 aliphatic heterocycles. The number of carbonyl (C=O) groups is 1. The van der Waals surface area contributed by atoms with Gasteiger partial charge in [0.15, 0.2) is 17.3 Å². The van der Waals surface area contributed by atoms with E-state index in [2.05, 4.69) is 20.8 Å². The van der Waals surface area contributed by atoms with Crippen LogP contribution < -0.4 is 20.1 Å². The van der Waals surface area contributed by atoms with Crippen molar-refractivity contribution in [2.24, 2.45) is 7.05 Å². The van der Waals surface area contributed by atoms with Gasteiger partial charge in [0.05, 0.1) is 25.8 Å². The lowest BCUT2D eigenvalue weighted by Crippen LogP contribution is -2.39. The Hall–Kier alpha value is -2.77. The highest BCUT2D eigenvalue weighted by atomic mass is 16.5. The average Bonchev–Trinajstić information content (AvgIpc) is 3.01.